The third-order valence-corrected chi connectivity index (χ3v) is 6.20. The van der Waals surface area contributed by atoms with E-state index in [0.717, 1.165) is 31.5 Å². The Bertz CT molecular complexity index is 998. The van der Waals surface area contributed by atoms with Gasteiger partial charge in [0.2, 0.25) is 0 Å². The topological polar surface area (TPSA) is 81.5 Å². The smallest absolute Gasteiger partial charge is 0.310 e. The van der Waals surface area contributed by atoms with Crippen molar-refractivity contribution in [3.05, 3.63) is 34.0 Å². The fourth-order valence-electron chi connectivity index (χ4n) is 4.41. The van der Waals surface area contributed by atoms with Crippen LogP contribution in [-0.4, -0.2) is 70.0 Å². The minimum Gasteiger partial charge on any atom is -0.492 e. The molecular formula is C24H32N2O6. The van der Waals surface area contributed by atoms with E-state index in [4.69, 9.17) is 18.6 Å². The van der Waals surface area contributed by atoms with E-state index < -0.39 is 0 Å². The Kier molecular flexibility index (Phi) is 7.32. The molecule has 0 saturated carbocycles. The molecule has 0 spiro atoms. The molecule has 8 heteroatoms. The van der Waals surface area contributed by atoms with Gasteiger partial charge >= 0.3 is 5.97 Å². The van der Waals surface area contributed by atoms with Gasteiger partial charge in [0.1, 0.15) is 17.9 Å². The Hall–Kier alpha value is -2.58. The molecular weight excluding hydrogens is 412 g/mol. The summed E-state index contributed by atoms with van der Waals surface area (Å²) in [5, 5.41) is 0.556. The lowest BCUT2D eigenvalue weighted by Crippen LogP contribution is -2.41. The van der Waals surface area contributed by atoms with Crippen LogP contribution in [0.25, 0.3) is 11.0 Å². The summed E-state index contributed by atoms with van der Waals surface area (Å²) in [6.45, 7) is 9.70. The number of morpholine rings is 1. The molecule has 2 aromatic rings. The highest BCUT2D eigenvalue weighted by molar-refractivity contribution is 5.83. The molecule has 2 fully saturated rings. The maximum atomic E-state index is 12.7. The molecule has 2 aliphatic heterocycles. The van der Waals surface area contributed by atoms with Crippen LogP contribution in [0, 0.1) is 12.8 Å². The number of carbonyl (C=O) groups is 1. The van der Waals surface area contributed by atoms with Crippen molar-refractivity contribution >= 4 is 22.8 Å². The molecule has 0 radical (unpaired) electrons. The third-order valence-electron chi connectivity index (χ3n) is 6.20. The number of ether oxygens (including phenoxy) is 3. The van der Waals surface area contributed by atoms with Gasteiger partial charge in [0.05, 0.1) is 31.1 Å². The van der Waals surface area contributed by atoms with Gasteiger partial charge in [0.15, 0.2) is 11.3 Å². The van der Waals surface area contributed by atoms with Crippen molar-refractivity contribution < 1.29 is 23.4 Å². The van der Waals surface area contributed by atoms with Crippen molar-refractivity contribution in [3.63, 3.8) is 0 Å². The molecule has 0 amide bonds. The maximum Gasteiger partial charge on any atom is 0.310 e. The van der Waals surface area contributed by atoms with Gasteiger partial charge in [-0.05, 0) is 45.4 Å². The lowest BCUT2D eigenvalue weighted by Gasteiger charge is -2.31. The quantitative estimate of drug-likeness (QED) is 0.603. The minimum atomic E-state index is -0.102. The first-order valence-corrected chi connectivity index (χ1v) is 11.5. The van der Waals surface area contributed by atoms with Gasteiger partial charge in [0, 0.05) is 37.8 Å². The molecule has 174 valence electrons. The largest absolute Gasteiger partial charge is 0.492 e. The number of anilines is 1. The average Bonchev–Trinajstić information content (AvgIpc) is 2.81. The van der Waals surface area contributed by atoms with Crippen molar-refractivity contribution in [2.24, 2.45) is 5.92 Å². The van der Waals surface area contributed by atoms with Gasteiger partial charge in [0.25, 0.3) is 0 Å². The molecule has 32 heavy (non-hydrogen) atoms. The van der Waals surface area contributed by atoms with E-state index in [1.54, 1.807) is 12.1 Å². The van der Waals surface area contributed by atoms with E-state index in [2.05, 4.69) is 4.90 Å². The molecule has 1 aromatic heterocycles. The van der Waals surface area contributed by atoms with Gasteiger partial charge in [-0.2, -0.15) is 0 Å². The number of benzene rings is 1. The third kappa shape index (κ3) is 5.07. The summed E-state index contributed by atoms with van der Waals surface area (Å²) >= 11 is 0. The Morgan fingerprint density at radius 2 is 2.03 bits per heavy atom. The fourth-order valence-corrected chi connectivity index (χ4v) is 4.41. The molecule has 3 heterocycles. The molecule has 2 saturated heterocycles. The van der Waals surface area contributed by atoms with Crippen molar-refractivity contribution in [1.82, 2.24) is 4.90 Å². The molecule has 0 bridgehead atoms. The van der Waals surface area contributed by atoms with E-state index in [9.17, 15) is 9.59 Å². The van der Waals surface area contributed by atoms with E-state index in [0.29, 0.717) is 68.7 Å². The zero-order valence-corrected chi connectivity index (χ0v) is 18.9. The van der Waals surface area contributed by atoms with Crippen LogP contribution in [0.3, 0.4) is 0 Å². The van der Waals surface area contributed by atoms with E-state index in [1.165, 1.54) is 0 Å². The molecule has 0 N–H and O–H groups in total. The van der Waals surface area contributed by atoms with Crippen LogP contribution >= 0.6 is 0 Å². The van der Waals surface area contributed by atoms with Crippen LogP contribution in [-0.2, 0) is 14.3 Å². The molecule has 8 nitrogen and oxygen atoms in total. The van der Waals surface area contributed by atoms with Crippen molar-refractivity contribution in [2.75, 3.05) is 64.1 Å². The summed E-state index contributed by atoms with van der Waals surface area (Å²) < 4.78 is 22.8. The number of esters is 1. The predicted octanol–water partition coefficient (Wildman–Crippen LogP) is 2.59. The lowest BCUT2D eigenvalue weighted by molar-refractivity contribution is -0.150. The Morgan fingerprint density at radius 1 is 1.22 bits per heavy atom. The molecule has 4 rings (SSSR count). The second kappa shape index (κ2) is 10.4. The zero-order valence-electron chi connectivity index (χ0n) is 18.9. The van der Waals surface area contributed by atoms with Crippen molar-refractivity contribution in [3.8, 4) is 5.75 Å². The van der Waals surface area contributed by atoms with Crippen LogP contribution in [0.4, 0.5) is 5.88 Å². The minimum absolute atomic E-state index is 0.0549. The summed E-state index contributed by atoms with van der Waals surface area (Å²) in [6, 6.07) is 5.16. The summed E-state index contributed by atoms with van der Waals surface area (Å²) in [6.07, 6.45) is 1.86. The van der Waals surface area contributed by atoms with Crippen molar-refractivity contribution in [1.29, 1.82) is 0 Å². The number of hydrogen-bond donors (Lipinski definition) is 0. The molecule has 1 unspecified atom stereocenters. The first kappa shape index (κ1) is 22.6. The standard InChI is InChI=1S/C24H32N2O6/c1-3-30-24(28)18-5-4-8-25(16-18)9-14-31-21-7-6-19-20(27)15-22(32-23(19)17(21)2)26-10-12-29-13-11-26/h6-7,15,18H,3-5,8-14,16H2,1-2H3. The zero-order chi connectivity index (χ0) is 22.5. The Labute approximate surface area is 188 Å². The normalized spacial score (nSPS) is 19.8. The summed E-state index contributed by atoms with van der Waals surface area (Å²) in [7, 11) is 0. The highest BCUT2D eigenvalue weighted by atomic mass is 16.5. The maximum absolute atomic E-state index is 12.7. The molecule has 2 aliphatic rings. The predicted molar refractivity (Wildman–Crippen MR) is 122 cm³/mol. The average molecular weight is 445 g/mol. The Balaban J connectivity index is 1.42. The highest BCUT2D eigenvalue weighted by Gasteiger charge is 2.26. The van der Waals surface area contributed by atoms with E-state index in [1.807, 2.05) is 24.8 Å². The van der Waals surface area contributed by atoms with Crippen LogP contribution in [0.15, 0.2) is 27.4 Å². The molecule has 0 aliphatic carbocycles. The van der Waals surface area contributed by atoms with Crippen LogP contribution < -0.4 is 15.1 Å². The van der Waals surface area contributed by atoms with E-state index in [-0.39, 0.29) is 17.3 Å². The van der Waals surface area contributed by atoms with Gasteiger partial charge in [-0.3, -0.25) is 14.5 Å². The first-order valence-electron chi connectivity index (χ1n) is 11.5. The van der Waals surface area contributed by atoms with Gasteiger partial charge in [-0.15, -0.1) is 0 Å². The summed E-state index contributed by atoms with van der Waals surface area (Å²) in [4.78, 5) is 29.0. The number of fused-ring (bicyclic) bond motifs is 1. The fraction of sp³-hybridized carbons (Fsp3) is 0.583. The number of nitrogens with zero attached hydrogens (tertiary/aromatic N) is 2. The number of carbonyl (C=O) groups excluding carboxylic acids is 1. The van der Waals surface area contributed by atoms with Crippen molar-refractivity contribution in [2.45, 2.75) is 26.7 Å². The number of rotatable bonds is 7. The van der Waals surface area contributed by atoms with Crippen LogP contribution in [0.1, 0.15) is 25.3 Å². The van der Waals surface area contributed by atoms with Gasteiger partial charge in [-0.25, -0.2) is 0 Å². The van der Waals surface area contributed by atoms with Gasteiger partial charge < -0.3 is 23.5 Å². The molecule has 1 aromatic carbocycles. The summed E-state index contributed by atoms with van der Waals surface area (Å²) in [5.41, 5.74) is 1.33. The number of hydrogen-bond acceptors (Lipinski definition) is 8. The molecule has 1 atom stereocenters. The number of likely N-dealkylation sites (tertiary alicyclic amines) is 1. The second-order valence-electron chi connectivity index (χ2n) is 8.35. The first-order chi connectivity index (χ1) is 15.6. The van der Waals surface area contributed by atoms with Gasteiger partial charge in [-0.1, -0.05) is 0 Å². The highest BCUT2D eigenvalue weighted by Crippen LogP contribution is 2.29. The van der Waals surface area contributed by atoms with Crippen LogP contribution in [0.2, 0.25) is 0 Å². The summed E-state index contributed by atoms with van der Waals surface area (Å²) in [5.74, 6) is 1.12. The number of aryl methyl sites for hydroxylation is 1. The monoisotopic (exact) mass is 444 g/mol. The Morgan fingerprint density at radius 3 is 2.81 bits per heavy atom. The second-order valence-corrected chi connectivity index (χ2v) is 8.35. The lowest BCUT2D eigenvalue weighted by atomic mass is 9.98. The SMILES string of the molecule is CCOC(=O)C1CCCN(CCOc2ccc3c(=O)cc(N4CCOCC4)oc3c2C)C1. The van der Waals surface area contributed by atoms with Crippen LogP contribution in [0.5, 0.6) is 5.75 Å². The van der Waals surface area contributed by atoms with E-state index >= 15 is 0 Å². The number of piperidine rings is 1.